The van der Waals surface area contributed by atoms with Crippen LogP contribution >= 0.6 is 0 Å². The second kappa shape index (κ2) is 10.5. The molecule has 0 N–H and O–H groups in total. The largest absolute Gasteiger partial charge is 0.380 e. The number of unbranched alkanes of at least 4 members (excludes halogenated alkanes) is 1. The molecule has 0 aromatic heterocycles. The molecule has 0 aliphatic heterocycles. The predicted octanol–water partition coefficient (Wildman–Crippen LogP) is 4.94. The quantitative estimate of drug-likeness (QED) is 0.526. The minimum atomic E-state index is -0.627. The first-order valence-electron chi connectivity index (χ1n) is 9.12. The summed E-state index contributed by atoms with van der Waals surface area (Å²) in [6, 6.07) is 3.47. The van der Waals surface area contributed by atoms with E-state index in [4.69, 9.17) is 4.74 Å². The third-order valence-electron chi connectivity index (χ3n) is 4.27. The highest BCUT2D eigenvalue weighted by molar-refractivity contribution is 5.82. The fraction of sp³-hybridized carbons (Fsp3) is 0.650. The predicted molar refractivity (Wildman–Crippen MR) is 96.2 cm³/mol. The highest BCUT2D eigenvalue weighted by atomic mass is 19.1. The molecule has 0 atom stereocenters. The minimum Gasteiger partial charge on any atom is -0.380 e. The van der Waals surface area contributed by atoms with Crippen molar-refractivity contribution in [3.05, 3.63) is 35.4 Å². The Morgan fingerprint density at radius 2 is 1.88 bits per heavy atom. The van der Waals surface area contributed by atoms with Gasteiger partial charge in [0.15, 0.2) is 0 Å². The fourth-order valence-electron chi connectivity index (χ4n) is 2.79. The first-order valence-corrected chi connectivity index (χ1v) is 9.12. The standard InChI is InChI=1S/C20H31F2NO2/c1-5-7-12-25-13-11-23(19(24)20(3,4)10-6-2)15-16-8-9-17(21)14-18(16)22/h8-9,14H,5-7,10-13,15H2,1-4H3. The Morgan fingerprint density at radius 3 is 2.48 bits per heavy atom. The summed E-state index contributed by atoms with van der Waals surface area (Å²) >= 11 is 0. The highest BCUT2D eigenvalue weighted by Gasteiger charge is 2.31. The van der Waals surface area contributed by atoms with Crippen molar-refractivity contribution in [2.75, 3.05) is 19.8 Å². The van der Waals surface area contributed by atoms with Crippen LogP contribution in [0.15, 0.2) is 18.2 Å². The van der Waals surface area contributed by atoms with E-state index in [1.54, 1.807) is 4.90 Å². The number of ether oxygens (including phenoxy) is 1. The van der Waals surface area contributed by atoms with Gasteiger partial charge in [0.1, 0.15) is 11.6 Å². The van der Waals surface area contributed by atoms with E-state index in [1.165, 1.54) is 12.1 Å². The molecular weight excluding hydrogens is 324 g/mol. The molecule has 0 saturated carbocycles. The molecule has 5 heteroatoms. The van der Waals surface area contributed by atoms with Gasteiger partial charge in [-0.25, -0.2) is 8.78 Å². The van der Waals surface area contributed by atoms with E-state index in [0.29, 0.717) is 25.3 Å². The Kier molecular flexibility index (Phi) is 9.04. The maximum atomic E-state index is 14.0. The first-order chi connectivity index (χ1) is 11.8. The molecule has 0 aliphatic carbocycles. The van der Waals surface area contributed by atoms with Gasteiger partial charge >= 0.3 is 0 Å². The molecule has 142 valence electrons. The maximum Gasteiger partial charge on any atom is 0.228 e. The molecular formula is C20H31F2NO2. The van der Waals surface area contributed by atoms with Gasteiger partial charge in [-0.1, -0.05) is 46.6 Å². The zero-order valence-corrected chi connectivity index (χ0v) is 15.9. The summed E-state index contributed by atoms with van der Waals surface area (Å²) < 4.78 is 32.7. The summed E-state index contributed by atoms with van der Waals surface area (Å²) in [5, 5.41) is 0. The molecule has 0 bridgehead atoms. The lowest BCUT2D eigenvalue weighted by Crippen LogP contribution is -2.42. The maximum absolute atomic E-state index is 14.0. The Bertz CT molecular complexity index is 546. The van der Waals surface area contributed by atoms with Gasteiger partial charge in [-0.2, -0.15) is 0 Å². The second-order valence-electron chi connectivity index (χ2n) is 7.06. The molecule has 0 fully saturated rings. The molecule has 0 unspecified atom stereocenters. The number of benzene rings is 1. The molecule has 25 heavy (non-hydrogen) atoms. The summed E-state index contributed by atoms with van der Waals surface area (Å²) in [6.45, 7) is 9.52. The summed E-state index contributed by atoms with van der Waals surface area (Å²) in [4.78, 5) is 14.6. The van der Waals surface area contributed by atoms with E-state index in [1.807, 2.05) is 20.8 Å². The average Bonchev–Trinajstić information content (AvgIpc) is 2.55. The van der Waals surface area contributed by atoms with E-state index in [0.717, 1.165) is 31.7 Å². The number of amides is 1. The first kappa shape index (κ1) is 21.6. The van der Waals surface area contributed by atoms with Crippen LogP contribution in [0.5, 0.6) is 0 Å². The van der Waals surface area contributed by atoms with Crippen molar-refractivity contribution < 1.29 is 18.3 Å². The molecule has 1 amide bonds. The Labute approximate surface area is 150 Å². The third-order valence-corrected chi connectivity index (χ3v) is 4.27. The van der Waals surface area contributed by atoms with Gasteiger partial charge in [0, 0.05) is 36.7 Å². The van der Waals surface area contributed by atoms with Crippen LogP contribution in [-0.4, -0.2) is 30.6 Å². The topological polar surface area (TPSA) is 29.5 Å². The highest BCUT2D eigenvalue weighted by Crippen LogP contribution is 2.26. The van der Waals surface area contributed by atoms with Gasteiger partial charge in [0.05, 0.1) is 6.61 Å². The number of carbonyl (C=O) groups excluding carboxylic acids is 1. The molecule has 0 aliphatic rings. The molecule has 1 aromatic carbocycles. The minimum absolute atomic E-state index is 0.0304. The molecule has 0 spiro atoms. The number of nitrogens with zero attached hydrogens (tertiary/aromatic N) is 1. The van der Waals surface area contributed by atoms with Gasteiger partial charge in [0.25, 0.3) is 0 Å². The van der Waals surface area contributed by atoms with Crippen molar-refractivity contribution in [2.24, 2.45) is 5.41 Å². The van der Waals surface area contributed by atoms with E-state index in [2.05, 4.69) is 6.92 Å². The van der Waals surface area contributed by atoms with Crippen LogP contribution < -0.4 is 0 Å². The SMILES string of the molecule is CCCCOCCN(Cc1ccc(F)cc1F)C(=O)C(C)(C)CCC. The van der Waals surface area contributed by atoms with Crippen LogP contribution in [0.1, 0.15) is 58.9 Å². The van der Waals surface area contributed by atoms with Crippen LogP contribution in [0.4, 0.5) is 8.78 Å². The zero-order valence-electron chi connectivity index (χ0n) is 15.9. The molecule has 0 heterocycles. The number of rotatable bonds is 11. The van der Waals surface area contributed by atoms with Gasteiger partial charge in [0.2, 0.25) is 5.91 Å². The van der Waals surface area contributed by atoms with Crippen molar-refractivity contribution >= 4 is 5.91 Å². The Balaban J connectivity index is 2.84. The summed E-state index contributed by atoms with van der Waals surface area (Å²) in [5.74, 6) is -1.27. The smallest absolute Gasteiger partial charge is 0.228 e. The van der Waals surface area contributed by atoms with Gasteiger partial charge in [-0.3, -0.25) is 4.79 Å². The molecule has 0 radical (unpaired) electrons. The van der Waals surface area contributed by atoms with Gasteiger partial charge in [-0.05, 0) is 18.9 Å². The molecule has 1 rings (SSSR count). The van der Waals surface area contributed by atoms with Crippen molar-refractivity contribution in [2.45, 2.75) is 59.9 Å². The van der Waals surface area contributed by atoms with Crippen molar-refractivity contribution in [1.29, 1.82) is 0 Å². The summed E-state index contributed by atoms with van der Waals surface area (Å²) in [7, 11) is 0. The summed E-state index contributed by atoms with van der Waals surface area (Å²) in [5.41, 5.74) is -0.204. The third kappa shape index (κ3) is 7.10. The van der Waals surface area contributed by atoms with Crippen LogP contribution in [0, 0.1) is 17.0 Å². The van der Waals surface area contributed by atoms with E-state index < -0.39 is 17.0 Å². The number of hydrogen-bond donors (Lipinski definition) is 0. The van der Waals surface area contributed by atoms with Crippen molar-refractivity contribution in [1.82, 2.24) is 4.90 Å². The van der Waals surface area contributed by atoms with E-state index >= 15 is 0 Å². The van der Waals surface area contributed by atoms with Crippen molar-refractivity contribution in [3.8, 4) is 0 Å². The Morgan fingerprint density at radius 1 is 1.16 bits per heavy atom. The molecule has 1 aromatic rings. The molecule has 3 nitrogen and oxygen atoms in total. The average molecular weight is 355 g/mol. The molecule has 0 saturated heterocycles. The van der Waals surface area contributed by atoms with Gasteiger partial charge < -0.3 is 9.64 Å². The van der Waals surface area contributed by atoms with Crippen molar-refractivity contribution in [3.63, 3.8) is 0 Å². The zero-order chi connectivity index (χ0) is 18.9. The number of halogens is 2. The van der Waals surface area contributed by atoms with E-state index in [-0.39, 0.29) is 12.5 Å². The number of hydrogen-bond acceptors (Lipinski definition) is 2. The lowest BCUT2D eigenvalue weighted by atomic mass is 9.86. The fourth-order valence-corrected chi connectivity index (χ4v) is 2.79. The number of carbonyl (C=O) groups is 1. The lowest BCUT2D eigenvalue weighted by molar-refractivity contribution is -0.142. The second-order valence-corrected chi connectivity index (χ2v) is 7.06. The van der Waals surface area contributed by atoms with Crippen LogP contribution in [-0.2, 0) is 16.1 Å². The van der Waals surface area contributed by atoms with E-state index in [9.17, 15) is 13.6 Å². The normalized spacial score (nSPS) is 11.6. The lowest BCUT2D eigenvalue weighted by Gasteiger charge is -2.32. The van der Waals surface area contributed by atoms with Crippen LogP contribution in [0.2, 0.25) is 0 Å². The van der Waals surface area contributed by atoms with Crippen LogP contribution in [0.25, 0.3) is 0 Å². The monoisotopic (exact) mass is 355 g/mol. The summed E-state index contributed by atoms with van der Waals surface area (Å²) in [6.07, 6.45) is 3.67. The Hall–Kier alpha value is -1.49. The van der Waals surface area contributed by atoms with Gasteiger partial charge in [-0.15, -0.1) is 0 Å². The van der Waals surface area contributed by atoms with Crippen LogP contribution in [0.3, 0.4) is 0 Å².